The van der Waals surface area contributed by atoms with Crippen molar-refractivity contribution in [2.45, 2.75) is 20.3 Å². The number of carbonyl (C=O) groups excluding carboxylic acids is 1. The third kappa shape index (κ3) is 3.68. The number of methoxy groups -OCH3 is 1. The molecule has 1 N–H and O–H groups in total. The standard InChI is InChI=1S/C13H22N2O2/c1-10-8-12(11(2)15(10)3)13(16)9-14-6-5-7-17-4/h8,14H,5-7,9H2,1-4H3. The van der Waals surface area contributed by atoms with E-state index in [0.29, 0.717) is 6.54 Å². The molecular formula is C13H22N2O2. The first-order valence-electron chi connectivity index (χ1n) is 5.93. The molecule has 0 fully saturated rings. The molecule has 0 aromatic carbocycles. The van der Waals surface area contributed by atoms with Crippen molar-refractivity contribution >= 4 is 5.78 Å². The molecule has 0 radical (unpaired) electrons. The number of ether oxygens (including phenoxy) is 1. The quantitative estimate of drug-likeness (QED) is 0.577. The molecule has 96 valence electrons. The van der Waals surface area contributed by atoms with Gasteiger partial charge in [0, 0.05) is 37.7 Å². The molecule has 1 heterocycles. The fraction of sp³-hybridized carbons (Fsp3) is 0.615. The second-order valence-electron chi connectivity index (χ2n) is 4.29. The average Bonchev–Trinajstić information content (AvgIpc) is 2.56. The van der Waals surface area contributed by atoms with Crippen LogP contribution in [-0.2, 0) is 11.8 Å². The van der Waals surface area contributed by atoms with Crippen molar-refractivity contribution in [1.29, 1.82) is 0 Å². The smallest absolute Gasteiger partial charge is 0.178 e. The maximum absolute atomic E-state index is 12.0. The summed E-state index contributed by atoms with van der Waals surface area (Å²) in [7, 11) is 3.66. The molecule has 0 saturated carbocycles. The van der Waals surface area contributed by atoms with Crippen molar-refractivity contribution in [2.24, 2.45) is 7.05 Å². The van der Waals surface area contributed by atoms with E-state index >= 15 is 0 Å². The van der Waals surface area contributed by atoms with Crippen LogP contribution in [0.4, 0.5) is 0 Å². The molecule has 0 aliphatic rings. The van der Waals surface area contributed by atoms with Gasteiger partial charge in [0.1, 0.15) is 0 Å². The van der Waals surface area contributed by atoms with Gasteiger partial charge in [0.25, 0.3) is 0 Å². The molecule has 0 aliphatic heterocycles. The average molecular weight is 238 g/mol. The normalized spacial score (nSPS) is 10.8. The molecule has 0 atom stereocenters. The monoisotopic (exact) mass is 238 g/mol. The molecule has 0 saturated heterocycles. The van der Waals surface area contributed by atoms with Crippen LogP contribution < -0.4 is 5.32 Å². The number of carbonyl (C=O) groups is 1. The van der Waals surface area contributed by atoms with E-state index in [2.05, 4.69) is 5.32 Å². The van der Waals surface area contributed by atoms with Crippen LogP contribution in [0.3, 0.4) is 0 Å². The summed E-state index contributed by atoms with van der Waals surface area (Å²) >= 11 is 0. The first-order valence-corrected chi connectivity index (χ1v) is 5.93. The molecule has 0 unspecified atom stereocenters. The molecule has 0 bridgehead atoms. The topological polar surface area (TPSA) is 43.3 Å². The largest absolute Gasteiger partial charge is 0.385 e. The summed E-state index contributed by atoms with van der Waals surface area (Å²) in [5, 5.41) is 3.14. The zero-order valence-corrected chi connectivity index (χ0v) is 11.2. The summed E-state index contributed by atoms with van der Waals surface area (Å²) < 4.78 is 6.98. The SMILES string of the molecule is COCCCNCC(=O)c1cc(C)n(C)c1C. The fourth-order valence-electron chi connectivity index (χ4n) is 1.78. The molecule has 4 nitrogen and oxygen atoms in total. The van der Waals surface area contributed by atoms with Crippen LogP contribution >= 0.6 is 0 Å². The van der Waals surface area contributed by atoms with Gasteiger partial charge >= 0.3 is 0 Å². The Morgan fingerprint density at radius 3 is 2.71 bits per heavy atom. The Labute approximate surface area is 103 Å². The zero-order valence-electron chi connectivity index (χ0n) is 11.2. The van der Waals surface area contributed by atoms with E-state index in [1.165, 1.54) is 0 Å². The van der Waals surface area contributed by atoms with E-state index in [1.807, 2.05) is 31.5 Å². The summed E-state index contributed by atoms with van der Waals surface area (Å²) in [5.41, 5.74) is 2.97. The minimum atomic E-state index is 0.156. The van der Waals surface area contributed by atoms with Crippen LogP contribution in [0.15, 0.2) is 6.07 Å². The lowest BCUT2D eigenvalue weighted by Gasteiger charge is -2.04. The van der Waals surface area contributed by atoms with Gasteiger partial charge in [-0.3, -0.25) is 4.79 Å². The Bertz CT molecular complexity index is 383. The highest BCUT2D eigenvalue weighted by Crippen LogP contribution is 2.13. The number of ketones is 1. The third-order valence-electron chi connectivity index (χ3n) is 3.06. The summed E-state index contributed by atoms with van der Waals surface area (Å²) in [5.74, 6) is 0.156. The summed E-state index contributed by atoms with van der Waals surface area (Å²) in [6.07, 6.45) is 0.927. The highest BCUT2D eigenvalue weighted by molar-refractivity contribution is 5.99. The van der Waals surface area contributed by atoms with Gasteiger partial charge < -0.3 is 14.6 Å². The number of nitrogens with zero attached hydrogens (tertiary/aromatic N) is 1. The Balaban J connectivity index is 2.44. The zero-order chi connectivity index (χ0) is 12.8. The lowest BCUT2D eigenvalue weighted by molar-refractivity contribution is 0.0989. The van der Waals surface area contributed by atoms with Gasteiger partial charge in [-0.25, -0.2) is 0 Å². The van der Waals surface area contributed by atoms with Gasteiger partial charge in [-0.1, -0.05) is 0 Å². The van der Waals surface area contributed by atoms with E-state index in [9.17, 15) is 4.79 Å². The molecule has 1 rings (SSSR count). The van der Waals surface area contributed by atoms with Gasteiger partial charge in [-0.05, 0) is 32.9 Å². The van der Waals surface area contributed by atoms with Crippen LogP contribution in [0.25, 0.3) is 0 Å². The number of aromatic nitrogens is 1. The highest BCUT2D eigenvalue weighted by Gasteiger charge is 2.12. The van der Waals surface area contributed by atoms with E-state index in [-0.39, 0.29) is 5.78 Å². The summed E-state index contributed by atoms with van der Waals surface area (Å²) in [6.45, 7) is 5.92. The predicted octanol–water partition coefficient (Wildman–Crippen LogP) is 1.45. The number of aryl methyl sites for hydroxylation is 1. The third-order valence-corrected chi connectivity index (χ3v) is 3.06. The van der Waals surface area contributed by atoms with E-state index < -0.39 is 0 Å². The lowest BCUT2D eigenvalue weighted by atomic mass is 10.1. The Morgan fingerprint density at radius 1 is 1.47 bits per heavy atom. The van der Waals surface area contributed by atoms with Crippen LogP contribution in [-0.4, -0.2) is 37.2 Å². The molecular weight excluding hydrogens is 216 g/mol. The maximum atomic E-state index is 12.0. The van der Waals surface area contributed by atoms with E-state index in [1.54, 1.807) is 7.11 Å². The molecule has 0 aliphatic carbocycles. The van der Waals surface area contributed by atoms with Crippen LogP contribution in [0, 0.1) is 13.8 Å². The summed E-state index contributed by atoms with van der Waals surface area (Å²) in [6, 6.07) is 1.95. The Morgan fingerprint density at radius 2 is 2.18 bits per heavy atom. The van der Waals surface area contributed by atoms with Crippen molar-refractivity contribution in [2.75, 3.05) is 26.8 Å². The van der Waals surface area contributed by atoms with Crippen molar-refractivity contribution in [3.63, 3.8) is 0 Å². The van der Waals surface area contributed by atoms with E-state index in [4.69, 9.17) is 4.74 Å². The second-order valence-corrected chi connectivity index (χ2v) is 4.29. The predicted molar refractivity (Wildman–Crippen MR) is 68.6 cm³/mol. The number of nitrogens with one attached hydrogen (secondary N) is 1. The highest BCUT2D eigenvalue weighted by atomic mass is 16.5. The molecule has 0 amide bonds. The molecule has 4 heteroatoms. The van der Waals surface area contributed by atoms with Crippen LogP contribution in [0.5, 0.6) is 0 Å². The van der Waals surface area contributed by atoms with Gasteiger partial charge in [0.15, 0.2) is 5.78 Å². The maximum Gasteiger partial charge on any atom is 0.178 e. The molecule has 1 aromatic heterocycles. The van der Waals surface area contributed by atoms with Crippen molar-refractivity contribution in [3.8, 4) is 0 Å². The number of rotatable bonds is 7. The second kappa shape index (κ2) is 6.57. The molecule has 0 spiro atoms. The first kappa shape index (κ1) is 13.9. The van der Waals surface area contributed by atoms with Crippen molar-refractivity contribution in [3.05, 3.63) is 23.0 Å². The van der Waals surface area contributed by atoms with Gasteiger partial charge in [0.2, 0.25) is 0 Å². The molecule has 1 aromatic rings. The fourth-order valence-corrected chi connectivity index (χ4v) is 1.78. The van der Waals surface area contributed by atoms with Gasteiger partial charge in [0.05, 0.1) is 6.54 Å². The van der Waals surface area contributed by atoms with Gasteiger partial charge in [-0.15, -0.1) is 0 Å². The van der Waals surface area contributed by atoms with Crippen LogP contribution in [0.1, 0.15) is 28.2 Å². The summed E-state index contributed by atoms with van der Waals surface area (Å²) in [4.78, 5) is 12.0. The molecule has 17 heavy (non-hydrogen) atoms. The minimum absolute atomic E-state index is 0.156. The van der Waals surface area contributed by atoms with Crippen molar-refractivity contribution in [1.82, 2.24) is 9.88 Å². The van der Waals surface area contributed by atoms with Crippen LogP contribution in [0.2, 0.25) is 0 Å². The lowest BCUT2D eigenvalue weighted by Crippen LogP contribution is -2.25. The Hall–Kier alpha value is -1.13. The Kier molecular flexibility index (Phi) is 5.38. The number of hydrogen-bond acceptors (Lipinski definition) is 3. The first-order chi connectivity index (χ1) is 8.07. The number of Topliss-reactive ketones (excluding diaryl/α,β-unsaturated/α-hetero) is 1. The number of hydrogen-bond donors (Lipinski definition) is 1. The van der Waals surface area contributed by atoms with Gasteiger partial charge in [-0.2, -0.15) is 0 Å². The van der Waals surface area contributed by atoms with Crippen molar-refractivity contribution < 1.29 is 9.53 Å². The minimum Gasteiger partial charge on any atom is -0.385 e. The van der Waals surface area contributed by atoms with E-state index in [0.717, 1.165) is 36.5 Å².